The molecule has 0 aliphatic carbocycles. The number of benzene rings is 1. The van der Waals surface area contributed by atoms with Crippen LogP contribution in [-0.2, 0) is 0 Å². The van der Waals surface area contributed by atoms with Crippen molar-refractivity contribution >= 4 is 34.9 Å². The first-order valence-corrected chi connectivity index (χ1v) is 9.42. The number of hydrogen-bond donors (Lipinski definition) is 2. The van der Waals surface area contributed by atoms with Crippen LogP contribution >= 0.6 is 24.0 Å². The fourth-order valence-corrected chi connectivity index (χ4v) is 3.75. The Morgan fingerprint density at radius 2 is 2.00 bits per heavy atom. The molecule has 0 saturated heterocycles. The molecular formula is C20H28Cl2N2O2. The van der Waals surface area contributed by atoms with Crippen molar-refractivity contribution in [2.45, 2.75) is 64.7 Å². The molecule has 2 atom stereocenters. The number of ether oxygens (including phenoxy) is 1. The maximum absolute atomic E-state index is 10.8. The second-order valence-corrected chi connectivity index (χ2v) is 7.85. The molecule has 0 saturated carbocycles. The second kappa shape index (κ2) is 8.30. The smallest absolute Gasteiger partial charge is 0.131 e. The summed E-state index contributed by atoms with van der Waals surface area (Å²) in [5.41, 5.74) is 2.19. The lowest BCUT2D eigenvalue weighted by Gasteiger charge is -2.42. The molecule has 1 aromatic heterocycles. The van der Waals surface area contributed by atoms with Crippen molar-refractivity contribution in [1.82, 2.24) is 10.3 Å². The van der Waals surface area contributed by atoms with E-state index < -0.39 is 11.7 Å². The van der Waals surface area contributed by atoms with Crippen molar-refractivity contribution in [2.24, 2.45) is 0 Å². The van der Waals surface area contributed by atoms with Crippen molar-refractivity contribution in [1.29, 1.82) is 0 Å². The molecule has 1 aromatic carbocycles. The van der Waals surface area contributed by atoms with Gasteiger partial charge in [-0.2, -0.15) is 0 Å². The van der Waals surface area contributed by atoms with Gasteiger partial charge in [-0.15, -0.1) is 12.4 Å². The Hall–Kier alpha value is -1.07. The summed E-state index contributed by atoms with van der Waals surface area (Å²) in [7, 11) is 0. The standard InChI is InChI=1S/C20H27ClN2O2.ClH/c1-5-6-7-8-22-18-14-10-15-13(12(2)9-17(21)23-15)11-16(14)25-20(3,4)19(18)24;/h9-11,18-19,22,24H,5-8H2,1-4H3;1H/t18-,19+;/m0./s1. The molecule has 2 heterocycles. The normalized spacial score (nSPS) is 21.0. The number of aliphatic hydroxyl groups is 1. The molecule has 2 N–H and O–H groups in total. The quantitative estimate of drug-likeness (QED) is 0.551. The van der Waals surface area contributed by atoms with Gasteiger partial charge in [-0.1, -0.05) is 31.4 Å². The Morgan fingerprint density at radius 3 is 2.69 bits per heavy atom. The van der Waals surface area contributed by atoms with Gasteiger partial charge in [0.2, 0.25) is 0 Å². The first-order valence-electron chi connectivity index (χ1n) is 9.04. The zero-order valence-electron chi connectivity index (χ0n) is 15.8. The number of pyridine rings is 1. The summed E-state index contributed by atoms with van der Waals surface area (Å²) >= 11 is 6.13. The van der Waals surface area contributed by atoms with Crippen LogP contribution in [0.5, 0.6) is 5.75 Å². The summed E-state index contributed by atoms with van der Waals surface area (Å²) in [4.78, 5) is 4.45. The van der Waals surface area contributed by atoms with Crippen LogP contribution in [0.2, 0.25) is 5.15 Å². The van der Waals surface area contributed by atoms with E-state index in [1.54, 1.807) is 0 Å². The lowest BCUT2D eigenvalue weighted by molar-refractivity contribution is -0.0643. The number of unbranched alkanes of at least 4 members (excludes halogenated alkanes) is 2. The maximum Gasteiger partial charge on any atom is 0.131 e. The first kappa shape index (κ1) is 21.2. The predicted molar refractivity (Wildman–Crippen MR) is 110 cm³/mol. The van der Waals surface area contributed by atoms with E-state index in [4.69, 9.17) is 16.3 Å². The zero-order valence-corrected chi connectivity index (χ0v) is 17.4. The van der Waals surface area contributed by atoms with Crippen LogP contribution in [0.1, 0.15) is 57.2 Å². The Bertz CT molecular complexity index is 780. The van der Waals surface area contributed by atoms with Gasteiger partial charge < -0.3 is 15.2 Å². The molecule has 3 rings (SSSR count). The Balaban J connectivity index is 0.00000243. The van der Waals surface area contributed by atoms with Crippen molar-refractivity contribution in [3.05, 3.63) is 34.5 Å². The van der Waals surface area contributed by atoms with Crippen molar-refractivity contribution in [3.63, 3.8) is 0 Å². The Morgan fingerprint density at radius 1 is 1.27 bits per heavy atom. The van der Waals surface area contributed by atoms with Gasteiger partial charge in [0.05, 0.1) is 11.6 Å². The number of aromatic nitrogens is 1. The van der Waals surface area contributed by atoms with Crippen molar-refractivity contribution < 1.29 is 9.84 Å². The summed E-state index contributed by atoms with van der Waals surface area (Å²) in [5.74, 6) is 0.808. The summed E-state index contributed by atoms with van der Waals surface area (Å²) in [6, 6.07) is 5.71. The number of aryl methyl sites for hydroxylation is 1. The monoisotopic (exact) mass is 398 g/mol. The number of hydrogen-bond acceptors (Lipinski definition) is 4. The van der Waals surface area contributed by atoms with E-state index in [9.17, 15) is 5.11 Å². The third-order valence-corrected chi connectivity index (χ3v) is 5.19. The molecule has 1 aliphatic rings. The van der Waals surface area contributed by atoms with Crippen LogP contribution in [0.25, 0.3) is 10.9 Å². The Labute approximate surface area is 166 Å². The maximum atomic E-state index is 10.8. The molecule has 0 spiro atoms. The fraction of sp³-hybridized carbons (Fsp3) is 0.550. The van der Waals surface area contributed by atoms with Crippen LogP contribution in [0.4, 0.5) is 0 Å². The van der Waals surface area contributed by atoms with E-state index in [1.165, 1.54) is 12.8 Å². The second-order valence-electron chi connectivity index (χ2n) is 7.46. The summed E-state index contributed by atoms with van der Waals surface area (Å²) in [6.07, 6.45) is 2.80. The molecule has 1 aliphatic heterocycles. The van der Waals surface area contributed by atoms with E-state index in [0.717, 1.165) is 40.7 Å². The van der Waals surface area contributed by atoms with Gasteiger partial charge in [0.15, 0.2) is 0 Å². The molecule has 144 valence electrons. The van der Waals surface area contributed by atoms with E-state index >= 15 is 0 Å². The highest BCUT2D eigenvalue weighted by molar-refractivity contribution is 6.29. The molecule has 4 nitrogen and oxygen atoms in total. The average molecular weight is 399 g/mol. The fourth-order valence-electron chi connectivity index (χ4n) is 3.50. The minimum atomic E-state index is -0.656. The number of aliphatic hydroxyl groups excluding tert-OH is 1. The Kier molecular flexibility index (Phi) is 6.78. The molecular weight excluding hydrogens is 371 g/mol. The average Bonchev–Trinajstić information content (AvgIpc) is 2.53. The topological polar surface area (TPSA) is 54.4 Å². The highest BCUT2D eigenvalue weighted by atomic mass is 35.5. The third kappa shape index (κ3) is 4.09. The molecule has 26 heavy (non-hydrogen) atoms. The first-order chi connectivity index (χ1) is 11.8. The predicted octanol–water partition coefficient (Wildman–Crippen LogP) is 4.97. The molecule has 0 amide bonds. The lowest BCUT2D eigenvalue weighted by Crippen LogP contribution is -2.52. The molecule has 6 heteroatoms. The van der Waals surface area contributed by atoms with Crippen LogP contribution < -0.4 is 10.1 Å². The number of halogens is 2. The number of fused-ring (bicyclic) bond motifs is 2. The number of nitrogens with zero attached hydrogens (tertiary/aromatic N) is 1. The van der Waals surface area contributed by atoms with E-state index in [0.29, 0.717) is 5.15 Å². The highest BCUT2D eigenvalue weighted by Crippen LogP contribution is 2.42. The summed E-state index contributed by atoms with van der Waals surface area (Å²) in [5, 5.41) is 15.9. The lowest BCUT2D eigenvalue weighted by atomic mass is 9.85. The van der Waals surface area contributed by atoms with Gasteiger partial charge in [0.25, 0.3) is 0 Å². The molecule has 0 radical (unpaired) electrons. The minimum Gasteiger partial charge on any atom is -0.485 e. The molecule has 2 aromatic rings. The van der Waals surface area contributed by atoms with E-state index in [2.05, 4.69) is 17.2 Å². The van der Waals surface area contributed by atoms with Crippen LogP contribution in [0.3, 0.4) is 0 Å². The van der Waals surface area contributed by atoms with Crippen LogP contribution in [-0.4, -0.2) is 28.3 Å². The third-order valence-electron chi connectivity index (χ3n) is 5.00. The van der Waals surface area contributed by atoms with Gasteiger partial charge in [-0.05, 0) is 57.5 Å². The number of nitrogens with one attached hydrogen (secondary N) is 1. The highest BCUT2D eigenvalue weighted by Gasteiger charge is 2.42. The van der Waals surface area contributed by atoms with Crippen LogP contribution in [0, 0.1) is 6.92 Å². The molecule has 0 unspecified atom stereocenters. The summed E-state index contributed by atoms with van der Waals surface area (Å²) in [6.45, 7) is 8.93. The SMILES string of the molecule is CCCCCN[C@H]1c2cc3nc(Cl)cc(C)c3cc2OC(C)(C)[C@@H]1O.Cl. The van der Waals surface area contributed by atoms with Gasteiger partial charge in [0, 0.05) is 10.9 Å². The van der Waals surface area contributed by atoms with E-state index in [-0.39, 0.29) is 18.4 Å². The largest absolute Gasteiger partial charge is 0.485 e. The minimum absolute atomic E-state index is 0. The van der Waals surface area contributed by atoms with Crippen LogP contribution in [0.15, 0.2) is 18.2 Å². The molecule has 0 fully saturated rings. The van der Waals surface area contributed by atoms with Gasteiger partial charge in [-0.3, -0.25) is 0 Å². The summed E-state index contributed by atoms with van der Waals surface area (Å²) < 4.78 is 6.13. The van der Waals surface area contributed by atoms with Gasteiger partial charge in [0.1, 0.15) is 22.6 Å². The molecule has 0 bridgehead atoms. The number of rotatable bonds is 5. The zero-order chi connectivity index (χ0) is 18.2. The van der Waals surface area contributed by atoms with Crippen molar-refractivity contribution in [3.8, 4) is 5.75 Å². The van der Waals surface area contributed by atoms with E-state index in [1.807, 2.05) is 39.0 Å². The van der Waals surface area contributed by atoms with Gasteiger partial charge in [-0.25, -0.2) is 4.98 Å². The van der Waals surface area contributed by atoms with Gasteiger partial charge >= 0.3 is 0 Å². The van der Waals surface area contributed by atoms with Crippen molar-refractivity contribution in [2.75, 3.05) is 6.54 Å².